The van der Waals surface area contributed by atoms with E-state index in [9.17, 15) is 0 Å². The van der Waals surface area contributed by atoms with Crippen LogP contribution in [0, 0.1) is 0 Å². The van der Waals surface area contributed by atoms with Crippen molar-refractivity contribution in [2.75, 3.05) is 4.43 Å². The molecule has 4 bridgehead atoms. The van der Waals surface area contributed by atoms with Crippen molar-refractivity contribution in [3.05, 3.63) is 0 Å². The van der Waals surface area contributed by atoms with Gasteiger partial charge in [0, 0.05) is 4.43 Å². The average Bonchev–Trinajstić information content (AvgIpc) is 1.94. The molecular weight excluding hydrogens is 415 g/mol. The summed E-state index contributed by atoms with van der Waals surface area (Å²) in [6.45, 7) is 7.26. The van der Waals surface area contributed by atoms with Gasteiger partial charge in [-0.1, -0.05) is 22.6 Å². The Morgan fingerprint density at radius 2 is 1.07 bits per heavy atom. The van der Waals surface area contributed by atoms with E-state index in [0.717, 1.165) is 0 Å². The smallest absolute Gasteiger partial charge is 0.105 e. The topological polar surface area (TPSA) is 0 Å². The molecule has 0 N–H and O–H groups in total. The van der Waals surface area contributed by atoms with Crippen LogP contribution in [0.2, 0.25) is 0 Å². The maximum absolute atomic E-state index is 2.56. The highest BCUT2D eigenvalue weighted by atomic mass is 127. The number of halogens is 1. The van der Waals surface area contributed by atoms with Gasteiger partial charge >= 0.3 is 0 Å². The van der Waals surface area contributed by atoms with Crippen LogP contribution in [-0.4, -0.2) is 18.1 Å². The van der Waals surface area contributed by atoms with Gasteiger partial charge in [-0.05, 0) is 20.8 Å². The van der Waals surface area contributed by atoms with E-state index in [2.05, 4.69) is 114 Å². The fraction of sp³-hybridized carbons (Fsp3) is 1.00. The normalized spacial score (nSPS) is 62.4. The molecule has 0 aromatic heterocycles. The van der Waals surface area contributed by atoms with Gasteiger partial charge in [-0.25, -0.2) is 0 Å². The summed E-state index contributed by atoms with van der Waals surface area (Å²) in [7, 11) is 0. The van der Waals surface area contributed by atoms with Gasteiger partial charge in [-0.2, -0.15) is 0 Å². The zero-order valence-electron chi connectivity index (χ0n) is 8.53. The molecule has 4 aliphatic heterocycles. The summed E-state index contributed by atoms with van der Waals surface area (Å²) in [5.74, 6) is 0. The molecular formula is C8H11IS6. The second-order valence-corrected chi connectivity index (χ2v) is 18.5. The third kappa shape index (κ3) is 2.12. The molecule has 0 saturated carbocycles. The van der Waals surface area contributed by atoms with Crippen LogP contribution >= 0.6 is 93.2 Å². The standard InChI is InChI=1S/C8H11IS6/c1-5-10-6(2)12-7(3,11-5)15-8(4-9,13-5)14-6/h4H2,1-3H3. The third-order valence-electron chi connectivity index (χ3n) is 2.30. The first-order valence-corrected chi connectivity index (χ1v) is 11.0. The number of alkyl halides is 1. The molecule has 0 nitrogen and oxygen atoms in total. The first kappa shape index (κ1) is 12.8. The minimum Gasteiger partial charge on any atom is -0.105 e. The van der Waals surface area contributed by atoms with E-state index in [0.29, 0.717) is 13.6 Å². The number of hydrogen-bond acceptors (Lipinski definition) is 6. The number of hydrogen-bond donors (Lipinski definition) is 0. The minimum absolute atomic E-state index is 0.371. The van der Waals surface area contributed by atoms with E-state index >= 15 is 0 Å². The molecule has 4 aliphatic rings. The molecule has 0 aromatic carbocycles. The number of thioether (sulfide) groups is 6. The summed E-state index contributed by atoms with van der Waals surface area (Å²) in [5, 5.41) is 0. The second-order valence-electron chi connectivity index (χ2n) is 4.02. The maximum Gasteiger partial charge on any atom is 0.122 e. The van der Waals surface area contributed by atoms with Gasteiger partial charge < -0.3 is 0 Å². The van der Waals surface area contributed by atoms with Crippen LogP contribution in [0.1, 0.15) is 20.8 Å². The lowest BCUT2D eigenvalue weighted by Gasteiger charge is -2.64. The maximum atomic E-state index is 2.56. The molecule has 15 heavy (non-hydrogen) atoms. The van der Waals surface area contributed by atoms with Crippen LogP contribution in [0.25, 0.3) is 0 Å². The zero-order chi connectivity index (χ0) is 10.9. The Balaban J connectivity index is 2.06. The van der Waals surface area contributed by atoms with Crippen molar-refractivity contribution in [2.45, 2.75) is 34.4 Å². The molecule has 86 valence electrons. The van der Waals surface area contributed by atoms with Crippen LogP contribution < -0.4 is 0 Å². The molecule has 0 amide bonds. The van der Waals surface area contributed by atoms with E-state index < -0.39 is 0 Å². The molecule has 7 heteroatoms. The number of rotatable bonds is 1. The van der Waals surface area contributed by atoms with E-state index in [1.807, 2.05) is 0 Å². The fourth-order valence-electron chi connectivity index (χ4n) is 2.19. The van der Waals surface area contributed by atoms with E-state index in [1.54, 1.807) is 0 Å². The van der Waals surface area contributed by atoms with Crippen molar-refractivity contribution in [1.29, 1.82) is 0 Å². The van der Waals surface area contributed by atoms with Gasteiger partial charge in [0.1, 0.15) is 13.6 Å². The summed E-state index contributed by atoms with van der Waals surface area (Å²) in [5.41, 5.74) is 0. The first-order valence-electron chi connectivity index (χ1n) is 4.57. The average molecular weight is 426 g/mol. The monoisotopic (exact) mass is 426 g/mol. The first-order chi connectivity index (χ1) is 6.80. The van der Waals surface area contributed by atoms with Crippen molar-refractivity contribution >= 4 is 93.2 Å². The third-order valence-corrected chi connectivity index (χ3v) is 15.7. The van der Waals surface area contributed by atoms with Crippen LogP contribution in [-0.2, 0) is 0 Å². The Morgan fingerprint density at radius 3 is 1.33 bits per heavy atom. The van der Waals surface area contributed by atoms with Gasteiger partial charge in [0.15, 0.2) is 0 Å². The molecule has 4 fully saturated rings. The van der Waals surface area contributed by atoms with Crippen LogP contribution in [0.3, 0.4) is 0 Å². The SMILES string of the molecule is CC12SC3(C)SC(C)(S1)SC(CI)(S2)S3. The van der Waals surface area contributed by atoms with E-state index in [4.69, 9.17) is 0 Å². The van der Waals surface area contributed by atoms with Gasteiger partial charge in [0.25, 0.3) is 0 Å². The molecule has 0 spiro atoms. The Hall–Kier alpha value is 2.83. The summed E-state index contributed by atoms with van der Waals surface area (Å²) in [6, 6.07) is 0. The Morgan fingerprint density at radius 1 is 0.733 bits per heavy atom. The molecule has 0 unspecified atom stereocenters. The second kappa shape index (κ2) is 3.69. The lowest BCUT2D eigenvalue weighted by molar-refractivity contribution is 1.11. The van der Waals surface area contributed by atoms with Crippen molar-refractivity contribution in [2.24, 2.45) is 0 Å². The molecule has 4 saturated heterocycles. The molecule has 4 heterocycles. The highest BCUT2D eigenvalue weighted by Crippen LogP contribution is 2.88. The highest BCUT2D eigenvalue weighted by Gasteiger charge is 2.68. The van der Waals surface area contributed by atoms with Gasteiger partial charge in [0.05, 0.1) is 0 Å². The van der Waals surface area contributed by atoms with Crippen LogP contribution in [0.4, 0.5) is 0 Å². The Kier molecular flexibility index (Phi) is 3.16. The van der Waals surface area contributed by atoms with Crippen molar-refractivity contribution in [3.63, 3.8) is 0 Å². The van der Waals surface area contributed by atoms with Crippen molar-refractivity contribution in [1.82, 2.24) is 0 Å². The van der Waals surface area contributed by atoms with Gasteiger partial charge in [-0.15, -0.1) is 70.6 Å². The Bertz CT molecular complexity index is 267. The fourth-order valence-corrected chi connectivity index (χ4v) is 24.8. The molecule has 0 aromatic rings. The molecule has 0 aliphatic carbocycles. The lowest BCUT2D eigenvalue weighted by Crippen LogP contribution is -2.51. The molecule has 0 radical (unpaired) electrons. The molecule has 4 rings (SSSR count). The predicted molar refractivity (Wildman–Crippen MR) is 92.4 cm³/mol. The quantitative estimate of drug-likeness (QED) is 0.396. The van der Waals surface area contributed by atoms with Gasteiger partial charge in [0.2, 0.25) is 0 Å². The van der Waals surface area contributed by atoms with Gasteiger partial charge in [-0.3, -0.25) is 0 Å². The van der Waals surface area contributed by atoms with Crippen molar-refractivity contribution < 1.29 is 0 Å². The van der Waals surface area contributed by atoms with E-state index in [-0.39, 0.29) is 0 Å². The predicted octanol–water partition coefficient (Wildman–Crippen LogP) is 5.54. The van der Waals surface area contributed by atoms with Crippen LogP contribution in [0.15, 0.2) is 0 Å². The minimum atomic E-state index is 0.371. The summed E-state index contributed by atoms with van der Waals surface area (Å²) >= 11 is 15.6. The summed E-state index contributed by atoms with van der Waals surface area (Å²) in [4.78, 5) is 0. The van der Waals surface area contributed by atoms with Crippen molar-refractivity contribution in [3.8, 4) is 0 Å². The van der Waals surface area contributed by atoms with Crippen LogP contribution in [0.5, 0.6) is 0 Å². The lowest BCUT2D eigenvalue weighted by atomic mass is 10.9. The zero-order valence-corrected chi connectivity index (χ0v) is 15.6. The largest absolute Gasteiger partial charge is 0.122 e. The summed E-state index contributed by atoms with van der Waals surface area (Å²) < 4.78 is 2.76. The Labute approximate surface area is 130 Å². The summed E-state index contributed by atoms with van der Waals surface area (Å²) in [6.07, 6.45) is 0. The molecule has 0 atom stereocenters. The highest BCUT2D eigenvalue weighted by molar-refractivity contribution is 14.1. The van der Waals surface area contributed by atoms with E-state index in [1.165, 1.54) is 4.43 Å².